The predicted octanol–water partition coefficient (Wildman–Crippen LogP) is 2.82. The van der Waals surface area contributed by atoms with Gasteiger partial charge >= 0.3 is 0 Å². The minimum absolute atomic E-state index is 0.101. The van der Waals surface area contributed by atoms with Crippen LogP contribution in [0.4, 0.5) is 4.39 Å². The van der Waals surface area contributed by atoms with E-state index in [2.05, 4.69) is 4.98 Å². The minimum Gasteiger partial charge on any atom is -0.387 e. The zero-order valence-electron chi connectivity index (χ0n) is 12.3. The van der Waals surface area contributed by atoms with Crippen LogP contribution in [0.1, 0.15) is 28.5 Å². The number of aliphatic hydroxyl groups is 1. The first-order valence-electron chi connectivity index (χ1n) is 7.56. The summed E-state index contributed by atoms with van der Waals surface area (Å²) < 4.78 is 14.4. The molecule has 118 valence electrons. The topological polar surface area (TPSA) is 55.1 Å². The summed E-state index contributed by atoms with van der Waals surface area (Å²) in [6.07, 6.45) is 3.65. The summed E-state index contributed by atoms with van der Waals surface area (Å²) >= 11 is 1.60. The van der Waals surface area contributed by atoms with Gasteiger partial charge in [0.1, 0.15) is 10.6 Å². The van der Waals surface area contributed by atoms with E-state index in [4.69, 9.17) is 0 Å². The van der Waals surface area contributed by atoms with E-state index < -0.39 is 6.10 Å². The Balaban J connectivity index is 1.70. The first-order valence-corrected chi connectivity index (χ1v) is 8.38. The van der Waals surface area contributed by atoms with Crippen LogP contribution in [0.15, 0.2) is 35.4 Å². The second kappa shape index (κ2) is 5.54. The van der Waals surface area contributed by atoms with E-state index >= 15 is 0 Å². The van der Waals surface area contributed by atoms with Gasteiger partial charge in [-0.05, 0) is 42.5 Å². The predicted molar refractivity (Wildman–Crippen MR) is 87.3 cm³/mol. The lowest BCUT2D eigenvalue weighted by molar-refractivity contribution is 0.155. The van der Waals surface area contributed by atoms with Crippen molar-refractivity contribution in [3.8, 4) is 0 Å². The molecule has 0 spiro atoms. The van der Waals surface area contributed by atoms with Gasteiger partial charge in [-0.25, -0.2) is 9.37 Å². The molecule has 3 aromatic rings. The Hall–Kier alpha value is -2.05. The number of aromatic nitrogens is 2. The molecule has 1 aliphatic carbocycles. The van der Waals surface area contributed by atoms with Crippen molar-refractivity contribution >= 4 is 21.6 Å². The number of rotatable bonds is 3. The molecule has 0 saturated heterocycles. The number of benzene rings is 1. The minimum atomic E-state index is -0.876. The number of aryl methyl sites for hydroxylation is 2. The van der Waals surface area contributed by atoms with Crippen molar-refractivity contribution in [2.24, 2.45) is 0 Å². The van der Waals surface area contributed by atoms with Gasteiger partial charge in [-0.15, -0.1) is 11.3 Å². The van der Waals surface area contributed by atoms with Crippen molar-refractivity contribution in [1.29, 1.82) is 0 Å². The molecular weight excluding hydrogens is 315 g/mol. The van der Waals surface area contributed by atoms with Crippen LogP contribution >= 0.6 is 11.3 Å². The van der Waals surface area contributed by atoms with Gasteiger partial charge in [0, 0.05) is 4.88 Å². The Bertz CT molecular complexity index is 930. The summed E-state index contributed by atoms with van der Waals surface area (Å²) in [4.78, 5) is 19.2. The van der Waals surface area contributed by atoms with E-state index in [1.54, 1.807) is 11.3 Å². The fourth-order valence-electron chi connectivity index (χ4n) is 3.13. The quantitative estimate of drug-likeness (QED) is 0.803. The summed E-state index contributed by atoms with van der Waals surface area (Å²) in [6, 6.07) is 5.65. The number of hydrogen-bond donors (Lipinski definition) is 1. The van der Waals surface area contributed by atoms with Crippen LogP contribution in [-0.4, -0.2) is 14.7 Å². The monoisotopic (exact) mass is 330 g/mol. The second-order valence-corrected chi connectivity index (χ2v) is 6.89. The van der Waals surface area contributed by atoms with Crippen LogP contribution in [0, 0.1) is 5.82 Å². The maximum atomic E-state index is 13.0. The highest BCUT2D eigenvalue weighted by Crippen LogP contribution is 2.34. The number of thiophene rings is 1. The molecule has 0 amide bonds. The number of nitrogens with zero attached hydrogens (tertiary/aromatic N) is 2. The van der Waals surface area contributed by atoms with Crippen LogP contribution in [-0.2, 0) is 19.4 Å². The third-order valence-corrected chi connectivity index (χ3v) is 5.52. The molecule has 0 saturated carbocycles. The van der Waals surface area contributed by atoms with Crippen molar-refractivity contribution < 1.29 is 9.50 Å². The molecule has 0 aliphatic heterocycles. The smallest absolute Gasteiger partial charge is 0.262 e. The molecule has 4 nitrogen and oxygen atoms in total. The fraction of sp³-hybridized carbons (Fsp3) is 0.294. The first kappa shape index (κ1) is 14.5. The van der Waals surface area contributed by atoms with E-state index in [9.17, 15) is 14.3 Å². The molecular formula is C17H15FN2O2S. The molecule has 4 rings (SSSR count). The zero-order valence-corrected chi connectivity index (χ0v) is 13.1. The van der Waals surface area contributed by atoms with E-state index in [0.717, 1.165) is 29.7 Å². The van der Waals surface area contributed by atoms with Crippen LogP contribution < -0.4 is 5.56 Å². The zero-order chi connectivity index (χ0) is 16.0. The van der Waals surface area contributed by atoms with Crippen molar-refractivity contribution in [1.82, 2.24) is 9.55 Å². The summed E-state index contributed by atoms with van der Waals surface area (Å²) in [5.74, 6) is -0.352. The van der Waals surface area contributed by atoms with Crippen molar-refractivity contribution in [2.45, 2.75) is 31.9 Å². The molecule has 0 bridgehead atoms. The van der Waals surface area contributed by atoms with Crippen molar-refractivity contribution in [2.75, 3.05) is 0 Å². The lowest BCUT2D eigenvalue weighted by atomic mass is 10.1. The molecule has 1 atom stereocenters. The third kappa shape index (κ3) is 2.48. The molecule has 2 heterocycles. The van der Waals surface area contributed by atoms with Gasteiger partial charge in [0.15, 0.2) is 0 Å². The van der Waals surface area contributed by atoms with Gasteiger partial charge in [-0.3, -0.25) is 9.36 Å². The van der Waals surface area contributed by atoms with E-state index in [-0.39, 0.29) is 17.9 Å². The Kier molecular flexibility index (Phi) is 3.50. The average Bonchev–Trinajstić information content (AvgIpc) is 3.11. The van der Waals surface area contributed by atoms with Gasteiger partial charge in [0.25, 0.3) is 5.56 Å². The van der Waals surface area contributed by atoms with Crippen LogP contribution in [0.2, 0.25) is 0 Å². The third-order valence-electron chi connectivity index (χ3n) is 4.32. The molecule has 1 N–H and O–H groups in total. The lowest BCUT2D eigenvalue weighted by Crippen LogP contribution is -2.23. The SMILES string of the molecule is O=c1c2c3c(sc2ncn1CC(O)c1ccc(F)cc1)CCC3. The largest absolute Gasteiger partial charge is 0.387 e. The van der Waals surface area contributed by atoms with Gasteiger partial charge in [-0.1, -0.05) is 12.1 Å². The average molecular weight is 330 g/mol. The normalized spacial score (nSPS) is 15.0. The number of aliphatic hydroxyl groups excluding tert-OH is 1. The Morgan fingerprint density at radius 2 is 2.09 bits per heavy atom. The van der Waals surface area contributed by atoms with Crippen molar-refractivity contribution in [3.63, 3.8) is 0 Å². The lowest BCUT2D eigenvalue weighted by Gasteiger charge is -2.13. The molecule has 23 heavy (non-hydrogen) atoms. The van der Waals surface area contributed by atoms with Crippen LogP contribution in [0.25, 0.3) is 10.2 Å². The second-order valence-electron chi connectivity index (χ2n) is 5.81. The Labute approximate surface area is 135 Å². The fourth-order valence-corrected chi connectivity index (χ4v) is 4.35. The molecule has 1 unspecified atom stereocenters. The van der Waals surface area contributed by atoms with Gasteiger partial charge in [0.05, 0.1) is 24.4 Å². The summed E-state index contributed by atoms with van der Waals surface area (Å²) in [6.45, 7) is 0.109. The van der Waals surface area contributed by atoms with Crippen LogP contribution in [0.5, 0.6) is 0 Å². The Morgan fingerprint density at radius 1 is 1.30 bits per heavy atom. The number of fused-ring (bicyclic) bond motifs is 3. The van der Waals surface area contributed by atoms with Gasteiger partial charge in [0.2, 0.25) is 0 Å². The summed E-state index contributed by atoms with van der Waals surface area (Å²) in [5, 5.41) is 11.0. The molecule has 1 aromatic carbocycles. The summed E-state index contributed by atoms with van der Waals surface area (Å²) in [5.41, 5.74) is 1.61. The van der Waals surface area contributed by atoms with E-state index in [1.807, 2.05) is 0 Å². The highest BCUT2D eigenvalue weighted by molar-refractivity contribution is 7.18. The summed E-state index contributed by atoms with van der Waals surface area (Å²) in [7, 11) is 0. The van der Waals surface area contributed by atoms with Crippen LogP contribution in [0.3, 0.4) is 0 Å². The Morgan fingerprint density at radius 3 is 2.87 bits per heavy atom. The highest BCUT2D eigenvalue weighted by atomic mass is 32.1. The van der Waals surface area contributed by atoms with Gasteiger partial charge < -0.3 is 5.11 Å². The molecule has 1 aliphatic rings. The first-order chi connectivity index (χ1) is 11.1. The molecule has 2 aromatic heterocycles. The highest BCUT2D eigenvalue weighted by Gasteiger charge is 2.21. The van der Waals surface area contributed by atoms with Crippen molar-refractivity contribution in [3.05, 3.63) is 62.8 Å². The molecule has 0 radical (unpaired) electrons. The maximum Gasteiger partial charge on any atom is 0.262 e. The molecule has 0 fully saturated rings. The standard InChI is InChI=1S/C17H15FN2O2S/c18-11-6-4-10(5-7-11)13(21)8-20-9-19-16-15(17(20)22)12-2-1-3-14(12)23-16/h4-7,9,13,21H,1-3,8H2. The molecule has 6 heteroatoms. The van der Waals surface area contributed by atoms with Gasteiger partial charge in [-0.2, -0.15) is 0 Å². The number of hydrogen-bond acceptors (Lipinski definition) is 4. The van der Waals surface area contributed by atoms with E-state index in [1.165, 1.54) is 40.0 Å². The van der Waals surface area contributed by atoms with E-state index in [0.29, 0.717) is 10.9 Å². The number of halogens is 1. The maximum absolute atomic E-state index is 13.0.